The number of rotatable bonds is 9. The average molecular weight is 425 g/mol. The summed E-state index contributed by atoms with van der Waals surface area (Å²) >= 11 is 0. The molecule has 3 aromatic rings. The summed E-state index contributed by atoms with van der Waals surface area (Å²) in [5.74, 6) is 1.01. The van der Waals surface area contributed by atoms with Gasteiger partial charge in [-0.1, -0.05) is 48.5 Å². The van der Waals surface area contributed by atoms with Crippen molar-refractivity contribution in [2.75, 3.05) is 22.4 Å². The molecule has 0 radical (unpaired) electrons. The Morgan fingerprint density at radius 1 is 0.900 bits per heavy atom. The van der Waals surface area contributed by atoms with E-state index in [1.165, 1.54) is 4.31 Å². The van der Waals surface area contributed by atoms with E-state index in [-0.39, 0.29) is 18.9 Å². The molecule has 0 aromatic heterocycles. The maximum Gasteiger partial charge on any atom is 0.232 e. The molecule has 0 saturated carbocycles. The summed E-state index contributed by atoms with van der Waals surface area (Å²) < 4.78 is 31.4. The molecule has 0 heterocycles. The molecular formula is C23H24N2O4S. The van der Waals surface area contributed by atoms with E-state index >= 15 is 0 Å². The van der Waals surface area contributed by atoms with Crippen LogP contribution in [0.4, 0.5) is 11.4 Å². The van der Waals surface area contributed by atoms with Crippen LogP contribution in [0.1, 0.15) is 12.8 Å². The predicted octanol–water partition coefficient (Wildman–Crippen LogP) is 4.66. The van der Waals surface area contributed by atoms with Crippen LogP contribution < -0.4 is 14.4 Å². The fourth-order valence-electron chi connectivity index (χ4n) is 2.95. The van der Waals surface area contributed by atoms with Crippen molar-refractivity contribution in [3.63, 3.8) is 0 Å². The molecule has 0 fully saturated rings. The molecule has 0 bridgehead atoms. The van der Waals surface area contributed by atoms with Crippen LogP contribution in [0.5, 0.6) is 11.5 Å². The van der Waals surface area contributed by atoms with Crippen molar-refractivity contribution < 1.29 is 17.9 Å². The van der Waals surface area contributed by atoms with Crippen LogP contribution in [0.2, 0.25) is 0 Å². The quantitative estimate of drug-likeness (QED) is 0.542. The number of hydrogen-bond acceptors (Lipinski definition) is 4. The lowest BCUT2D eigenvalue weighted by Crippen LogP contribution is -2.31. The van der Waals surface area contributed by atoms with Crippen molar-refractivity contribution in [3.05, 3.63) is 84.9 Å². The Kier molecular flexibility index (Phi) is 7.08. The van der Waals surface area contributed by atoms with Crippen LogP contribution in [0.15, 0.2) is 84.9 Å². The normalized spacial score (nSPS) is 11.0. The number of hydrogen-bond donors (Lipinski definition) is 1. The van der Waals surface area contributed by atoms with Crippen LogP contribution in [-0.4, -0.2) is 27.1 Å². The Morgan fingerprint density at radius 2 is 1.50 bits per heavy atom. The maximum absolute atomic E-state index is 12.5. The van der Waals surface area contributed by atoms with Crippen molar-refractivity contribution in [1.29, 1.82) is 0 Å². The number of ether oxygens (including phenoxy) is 1. The third-order valence-electron chi connectivity index (χ3n) is 4.34. The summed E-state index contributed by atoms with van der Waals surface area (Å²) in [5, 5.41) is 2.85. The molecule has 156 valence electrons. The van der Waals surface area contributed by atoms with Crippen LogP contribution in [0, 0.1) is 0 Å². The van der Waals surface area contributed by atoms with Gasteiger partial charge in [0.25, 0.3) is 0 Å². The van der Waals surface area contributed by atoms with Gasteiger partial charge in [0.2, 0.25) is 15.9 Å². The molecule has 30 heavy (non-hydrogen) atoms. The summed E-state index contributed by atoms with van der Waals surface area (Å²) in [6.07, 6.45) is 1.73. The van der Waals surface area contributed by atoms with Crippen LogP contribution >= 0.6 is 0 Å². The Labute approximate surface area is 177 Å². The van der Waals surface area contributed by atoms with E-state index in [0.29, 0.717) is 29.3 Å². The Balaban J connectivity index is 1.60. The zero-order valence-corrected chi connectivity index (χ0v) is 17.5. The van der Waals surface area contributed by atoms with E-state index in [4.69, 9.17) is 4.74 Å². The first kappa shape index (κ1) is 21.4. The standard InChI is InChI=1S/C23H24N2O4S/c1-30(27,28)25(19-11-4-2-5-12-19)18-10-17-23(26)24-21-15-8-9-16-22(21)29-20-13-6-3-7-14-20/h2-9,11-16H,10,17-18H2,1H3,(H,24,26). The minimum absolute atomic E-state index is 0.179. The van der Waals surface area contributed by atoms with Crippen LogP contribution in [0.25, 0.3) is 0 Å². The second-order valence-electron chi connectivity index (χ2n) is 6.73. The van der Waals surface area contributed by atoms with Crippen molar-refractivity contribution in [2.45, 2.75) is 12.8 Å². The van der Waals surface area contributed by atoms with Gasteiger partial charge in [0.05, 0.1) is 17.6 Å². The SMILES string of the molecule is CS(=O)(=O)N(CCCC(=O)Nc1ccccc1Oc1ccccc1)c1ccccc1. The molecular weight excluding hydrogens is 400 g/mol. The largest absolute Gasteiger partial charge is 0.455 e. The molecule has 1 N–H and O–H groups in total. The number of sulfonamides is 1. The Bertz CT molecular complexity index is 1070. The fraction of sp³-hybridized carbons (Fsp3) is 0.174. The van der Waals surface area contributed by atoms with Gasteiger partial charge in [0.1, 0.15) is 5.75 Å². The smallest absolute Gasteiger partial charge is 0.232 e. The van der Waals surface area contributed by atoms with Crippen LogP contribution in [-0.2, 0) is 14.8 Å². The van der Waals surface area contributed by atoms with Crippen molar-refractivity contribution in [2.24, 2.45) is 0 Å². The van der Waals surface area contributed by atoms with E-state index in [0.717, 1.165) is 6.26 Å². The molecule has 0 unspecified atom stereocenters. The molecule has 0 saturated heterocycles. The number of nitrogens with zero attached hydrogens (tertiary/aromatic N) is 1. The molecule has 1 amide bonds. The number of carbonyl (C=O) groups is 1. The van der Waals surface area contributed by atoms with Gasteiger partial charge in [-0.2, -0.15) is 0 Å². The summed E-state index contributed by atoms with van der Waals surface area (Å²) in [6, 6.07) is 25.4. The topological polar surface area (TPSA) is 75.7 Å². The molecule has 3 rings (SSSR count). The van der Waals surface area contributed by atoms with Crippen molar-refractivity contribution in [3.8, 4) is 11.5 Å². The highest BCUT2D eigenvalue weighted by Crippen LogP contribution is 2.29. The van der Waals surface area contributed by atoms with Gasteiger partial charge >= 0.3 is 0 Å². The fourth-order valence-corrected chi connectivity index (χ4v) is 3.92. The first-order valence-electron chi connectivity index (χ1n) is 9.58. The van der Waals surface area contributed by atoms with Crippen molar-refractivity contribution >= 4 is 27.3 Å². The lowest BCUT2D eigenvalue weighted by atomic mass is 10.2. The summed E-state index contributed by atoms with van der Waals surface area (Å²) in [7, 11) is -3.43. The van der Waals surface area contributed by atoms with Gasteiger partial charge < -0.3 is 10.1 Å². The number of carbonyl (C=O) groups excluding carboxylic acids is 1. The number of amides is 1. The minimum atomic E-state index is -3.43. The summed E-state index contributed by atoms with van der Waals surface area (Å²) in [4.78, 5) is 12.5. The lowest BCUT2D eigenvalue weighted by Gasteiger charge is -2.22. The lowest BCUT2D eigenvalue weighted by molar-refractivity contribution is -0.116. The third-order valence-corrected chi connectivity index (χ3v) is 5.54. The van der Waals surface area contributed by atoms with E-state index in [9.17, 15) is 13.2 Å². The van der Waals surface area contributed by atoms with E-state index in [1.54, 1.807) is 36.4 Å². The maximum atomic E-state index is 12.5. The van der Waals surface area contributed by atoms with Gasteiger partial charge in [-0.05, 0) is 42.8 Å². The summed E-state index contributed by atoms with van der Waals surface area (Å²) in [5.41, 5.74) is 1.15. The highest BCUT2D eigenvalue weighted by atomic mass is 32.2. The molecule has 0 spiro atoms. The van der Waals surface area contributed by atoms with Gasteiger partial charge in [-0.15, -0.1) is 0 Å². The molecule has 6 nitrogen and oxygen atoms in total. The van der Waals surface area contributed by atoms with E-state index < -0.39 is 10.0 Å². The Hall–Kier alpha value is -3.32. The molecule has 0 aliphatic heterocycles. The molecule has 0 aliphatic carbocycles. The highest BCUT2D eigenvalue weighted by molar-refractivity contribution is 7.92. The summed E-state index contributed by atoms with van der Waals surface area (Å²) in [6.45, 7) is 0.221. The highest BCUT2D eigenvalue weighted by Gasteiger charge is 2.17. The zero-order valence-electron chi connectivity index (χ0n) is 16.7. The zero-order chi connectivity index (χ0) is 21.4. The molecule has 0 atom stereocenters. The number of para-hydroxylation sites is 4. The second kappa shape index (κ2) is 9.93. The predicted molar refractivity (Wildman–Crippen MR) is 119 cm³/mol. The van der Waals surface area contributed by atoms with Crippen molar-refractivity contribution in [1.82, 2.24) is 0 Å². The molecule has 3 aromatic carbocycles. The first-order valence-corrected chi connectivity index (χ1v) is 11.4. The number of benzene rings is 3. The van der Waals surface area contributed by atoms with Gasteiger partial charge in [0.15, 0.2) is 5.75 Å². The molecule has 7 heteroatoms. The average Bonchev–Trinajstić information content (AvgIpc) is 2.73. The number of anilines is 2. The second-order valence-corrected chi connectivity index (χ2v) is 8.64. The first-order chi connectivity index (χ1) is 14.4. The van der Waals surface area contributed by atoms with Crippen LogP contribution in [0.3, 0.4) is 0 Å². The van der Waals surface area contributed by atoms with Gasteiger partial charge in [-0.3, -0.25) is 9.10 Å². The van der Waals surface area contributed by atoms with Gasteiger partial charge in [-0.25, -0.2) is 8.42 Å². The minimum Gasteiger partial charge on any atom is -0.455 e. The molecule has 0 aliphatic rings. The van der Waals surface area contributed by atoms with Gasteiger partial charge in [0, 0.05) is 13.0 Å². The van der Waals surface area contributed by atoms with E-state index in [1.807, 2.05) is 48.5 Å². The van der Waals surface area contributed by atoms with E-state index in [2.05, 4.69) is 5.32 Å². The monoisotopic (exact) mass is 424 g/mol. The Morgan fingerprint density at radius 3 is 2.17 bits per heavy atom. The third kappa shape index (κ3) is 6.09. The number of nitrogens with one attached hydrogen (secondary N) is 1.